The van der Waals surface area contributed by atoms with Gasteiger partial charge in [-0.3, -0.25) is 4.79 Å². The average molecular weight is 263 g/mol. The van der Waals surface area contributed by atoms with E-state index in [9.17, 15) is 18.4 Å². The van der Waals surface area contributed by atoms with Gasteiger partial charge in [0.1, 0.15) is 6.04 Å². The van der Waals surface area contributed by atoms with Crippen molar-refractivity contribution in [1.29, 1.82) is 0 Å². The zero-order valence-corrected chi connectivity index (χ0v) is 10.4. The SMILES string of the molecule is CCC1(C(=O)NC(CC(F)F)C(=O)O)CCCC1. The van der Waals surface area contributed by atoms with Gasteiger partial charge in [0.25, 0.3) is 0 Å². The van der Waals surface area contributed by atoms with Gasteiger partial charge >= 0.3 is 5.97 Å². The van der Waals surface area contributed by atoms with E-state index in [0.717, 1.165) is 12.8 Å². The Morgan fingerprint density at radius 1 is 1.33 bits per heavy atom. The molecule has 0 aromatic heterocycles. The predicted octanol–water partition coefficient (Wildman–Crippen LogP) is 2.18. The van der Waals surface area contributed by atoms with Crippen molar-refractivity contribution < 1.29 is 23.5 Å². The van der Waals surface area contributed by atoms with Crippen molar-refractivity contribution in [3.05, 3.63) is 0 Å². The fraction of sp³-hybridized carbons (Fsp3) is 0.833. The zero-order valence-electron chi connectivity index (χ0n) is 10.4. The fourth-order valence-corrected chi connectivity index (χ4v) is 2.50. The van der Waals surface area contributed by atoms with E-state index in [4.69, 9.17) is 5.11 Å². The molecule has 6 heteroatoms. The molecular formula is C12H19F2NO3. The molecule has 1 unspecified atom stereocenters. The molecule has 1 atom stereocenters. The third-order valence-electron chi connectivity index (χ3n) is 3.74. The van der Waals surface area contributed by atoms with Crippen molar-refractivity contribution in [3.63, 3.8) is 0 Å². The maximum atomic E-state index is 12.2. The van der Waals surface area contributed by atoms with Gasteiger partial charge in [-0.05, 0) is 19.3 Å². The van der Waals surface area contributed by atoms with Gasteiger partial charge in [0.15, 0.2) is 0 Å². The van der Waals surface area contributed by atoms with E-state index in [0.29, 0.717) is 19.3 Å². The van der Waals surface area contributed by atoms with Crippen LogP contribution in [0.3, 0.4) is 0 Å². The first kappa shape index (κ1) is 14.9. The first-order chi connectivity index (χ1) is 8.41. The number of hydrogen-bond donors (Lipinski definition) is 2. The van der Waals surface area contributed by atoms with Crippen molar-refractivity contribution in [2.45, 2.75) is 57.9 Å². The number of carboxylic acid groups (broad SMARTS) is 1. The number of carbonyl (C=O) groups is 2. The summed E-state index contributed by atoms with van der Waals surface area (Å²) in [5.41, 5.74) is -0.560. The van der Waals surface area contributed by atoms with Crippen LogP contribution in [0.15, 0.2) is 0 Å². The second kappa shape index (κ2) is 6.11. The maximum absolute atomic E-state index is 12.2. The minimum atomic E-state index is -2.74. The van der Waals surface area contributed by atoms with Crippen LogP contribution in [0, 0.1) is 5.41 Å². The van der Waals surface area contributed by atoms with Crippen LogP contribution >= 0.6 is 0 Å². The second-order valence-corrected chi connectivity index (χ2v) is 4.83. The van der Waals surface area contributed by atoms with E-state index in [1.54, 1.807) is 0 Å². The van der Waals surface area contributed by atoms with Crippen LogP contribution in [0.5, 0.6) is 0 Å². The van der Waals surface area contributed by atoms with Crippen molar-refractivity contribution in [1.82, 2.24) is 5.32 Å². The van der Waals surface area contributed by atoms with Gasteiger partial charge in [0.05, 0.1) is 0 Å². The predicted molar refractivity (Wildman–Crippen MR) is 61.4 cm³/mol. The van der Waals surface area contributed by atoms with Crippen LogP contribution in [-0.2, 0) is 9.59 Å². The number of carboxylic acids is 1. The molecule has 0 aromatic rings. The van der Waals surface area contributed by atoms with Crippen molar-refractivity contribution >= 4 is 11.9 Å². The van der Waals surface area contributed by atoms with Gasteiger partial charge in [0.2, 0.25) is 12.3 Å². The number of nitrogens with one attached hydrogen (secondary N) is 1. The number of rotatable bonds is 6. The quantitative estimate of drug-likeness (QED) is 0.772. The van der Waals surface area contributed by atoms with E-state index in [-0.39, 0.29) is 0 Å². The Morgan fingerprint density at radius 2 is 1.89 bits per heavy atom. The monoisotopic (exact) mass is 263 g/mol. The molecule has 1 fully saturated rings. The molecule has 0 aromatic carbocycles. The summed E-state index contributed by atoms with van der Waals surface area (Å²) >= 11 is 0. The minimum Gasteiger partial charge on any atom is -0.480 e. The summed E-state index contributed by atoms with van der Waals surface area (Å²) in [5.74, 6) is -1.80. The molecule has 1 amide bonds. The highest BCUT2D eigenvalue weighted by Gasteiger charge is 2.41. The maximum Gasteiger partial charge on any atom is 0.326 e. The van der Waals surface area contributed by atoms with E-state index >= 15 is 0 Å². The van der Waals surface area contributed by atoms with E-state index in [1.165, 1.54) is 0 Å². The van der Waals surface area contributed by atoms with E-state index in [1.807, 2.05) is 6.92 Å². The van der Waals surface area contributed by atoms with Crippen molar-refractivity contribution in [2.24, 2.45) is 5.41 Å². The molecule has 0 saturated heterocycles. The van der Waals surface area contributed by atoms with Crippen LogP contribution in [0.2, 0.25) is 0 Å². The molecule has 0 radical (unpaired) electrons. The Hall–Kier alpha value is -1.20. The molecule has 0 heterocycles. The minimum absolute atomic E-state index is 0.393. The van der Waals surface area contributed by atoms with Gasteiger partial charge in [-0.15, -0.1) is 0 Å². The Balaban J connectivity index is 2.68. The Morgan fingerprint density at radius 3 is 2.28 bits per heavy atom. The summed E-state index contributed by atoms with van der Waals surface area (Å²) in [7, 11) is 0. The van der Waals surface area contributed by atoms with Gasteiger partial charge in [-0.2, -0.15) is 0 Å². The lowest BCUT2D eigenvalue weighted by Crippen LogP contribution is -2.48. The molecule has 1 rings (SSSR count). The van der Waals surface area contributed by atoms with Crippen LogP contribution < -0.4 is 5.32 Å². The fourth-order valence-electron chi connectivity index (χ4n) is 2.50. The Kier molecular flexibility index (Phi) is 5.04. The normalized spacial score (nSPS) is 19.8. The van der Waals surface area contributed by atoms with Crippen LogP contribution in [0.1, 0.15) is 45.4 Å². The molecule has 0 bridgehead atoms. The number of hydrogen-bond acceptors (Lipinski definition) is 2. The van der Waals surface area contributed by atoms with E-state index < -0.39 is 36.2 Å². The summed E-state index contributed by atoms with van der Waals surface area (Å²) in [6.45, 7) is 1.87. The Bertz CT molecular complexity index is 314. The first-order valence-corrected chi connectivity index (χ1v) is 6.23. The Labute approximate surface area is 105 Å². The van der Waals surface area contributed by atoms with Gasteiger partial charge in [-0.25, -0.2) is 13.6 Å². The summed E-state index contributed by atoms with van der Waals surface area (Å²) in [4.78, 5) is 22.9. The number of aliphatic carboxylic acids is 1. The highest BCUT2D eigenvalue weighted by molar-refractivity contribution is 5.87. The molecule has 0 spiro atoms. The van der Waals surface area contributed by atoms with Crippen LogP contribution in [0.4, 0.5) is 8.78 Å². The largest absolute Gasteiger partial charge is 0.480 e. The third-order valence-corrected chi connectivity index (χ3v) is 3.74. The van der Waals surface area contributed by atoms with Crippen LogP contribution in [0.25, 0.3) is 0 Å². The van der Waals surface area contributed by atoms with E-state index in [2.05, 4.69) is 5.32 Å². The zero-order chi connectivity index (χ0) is 13.8. The second-order valence-electron chi connectivity index (χ2n) is 4.83. The lowest BCUT2D eigenvalue weighted by Gasteiger charge is -2.28. The van der Waals surface area contributed by atoms with Crippen molar-refractivity contribution in [3.8, 4) is 0 Å². The molecular weight excluding hydrogens is 244 g/mol. The molecule has 104 valence electrons. The first-order valence-electron chi connectivity index (χ1n) is 6.23. The molecule has 4 nitrogen and oxygen atoms in total. The van der Waals surface area contributed by atoms with Gasteiger partial charge in [0, 0.05) is 11.8 Å². The molecule has 0 aliphatic heterocycles. The summed E-state index contributed by atoms with van der Waals surface area (Å²) in [6.07, 6.45) is 0.280. The summed E-state index contributed by atoms with van der Waals surface area (Å²) < 4.78 is 24.5. The topological polar surface area (TPSA) is 66.4 Å². The average Bonchev–Trinajstić information content (AvgIpc) is 2.77. The summed E-state index contributed by atoms with van der Waals surface area (Å²) in [5, 5.41) is 11.1. The molecule has 18 heavy (non-hydrogen) atoms. The molecule has 1 aliphatic rings. The highest BCUT2D eigenvalue weighted by atomic mass is 19.3. The lowest BCUT2D eigenvalue weighted by atomic mass is 9.82. The smallest absolute Gasteiger partial charge is 0.326 e. The standard InChI is InChI=1S/C12H19F2NO3/c1-2-12(5-3-4-6-12)11(18)15-8(10(16)17)7-9(13)14/h8-9H,2-7H2,1H3,(H,15,18)(H,16,17). The number of amides is 1. The molecule has 1 saturated carbocycles. The highest BCUT2D eigenvalue weighted by Crippen LogP contribution is 2.41. The number of carbonyl (C=O) groups excluding carboxylic acids is 1. The number of halogens is 2. The van der Waals surface area contributed by atoms with Crippen molar-refractivity contribution in [2.75, 3.05) is 0 Å². The molecule has 1 aliphatic carbocycles. The molecule has 2 N–H and O–H groups in total. The summed E-state index contributed by atoms with van der Waals surface area (Å²) in [6, 6.07) is -1.50. The third kappa shape index (κ3) is 3.40. The number of alkyl halides is 2. The van der Waals surface area contributed by atoms with Gasteiger partial charge in [-0.1, -0.05) is 19.8 Å². The van der Waals surface area contributed by atoms with Crippen LogP contribution in [-0.4, -0.2) is 29.5 Å². The van der Waals surface area contributed by atoms with Gasteiger partial charge < -0.3 is 10.4 Å². The lowest BCUT2D eigenvalue weighted by molar-refractivity contribution is -0.145.